The highest BCUT2D eigenvalue weighted by Gasteiger charge is 2.06. The zero-order valence-electron chi connectivity index (χ0n) is 13.9. The zero-order valence-corrected chi connectivity index (χ0v) is 13.9. The highest BCUT2D eigenvalue weighted by atomic mass is 16.5. The van der Waals surface area contributed by atoms with Crippen molar-refractivity contribution >= 4 is 11.6 Å². The number of methoxy groups -OCH3 is 2. The summed E-state index contributed by atoms with van der Waals surface area (Å²) in [6.45, 7) is 6.78. The van der Waals surface area contributed by atoms with Gasteiger partial charge in [-0.25, -0.2) is 0 Å². The van der Waals surface area contributed by atoms with E-state index in [2.05, 4.69) is 15.6 Å². The van der Waals surface area contributed by atoms with Crippen LogP contribution in [0.1, 0.15) is 20.3 Å². The van der Waals surface area contributed by atoms with E-state index in [1.807, 2.05) is 32.0 Å². The molecule has 124 valence electrons. The number of nitrogens with one attached hydrogen (secondary N) is 2. The highest BCUT2D eigenvalue weighted by Crippen LogP contribution is 2.30. The van der Waals surface area contributed by atoms with Gasteiger partial charge in [-0.15, -0.1) is 0 Å². The van der Waals surface area contributed by atoms with Crippen LogP contribution in [0, 0.1) is 0 Å². The summed E-state index contributed by atoms with van der Waals surface area (Å²) in [5, 5.41) is 6.48. The molecule has 1 rings (SSSR count). The van der Waals surface area contributed by atoms with Crippen molar-refractivity contribution in [2.24, 2.45) is 4.99 Å². The number of hydrogen-bond acceptors (Lipinski definition) is 4. The summed E-state index contributed by atoms with van der Waals surface area (Å²) in [7, 11) is 3.33. The molecule has 0 aliphatic rings. The molecule has 1 aromatic rings. The Kier molecular flexibility index (Phi) is 8.83. The number of anilines is 1. The molecule has 6 nitrogen and oxygen atoms in total. The smallest absolute Gasteiger partial charge is 0.195 e. The second-order valence-electron chi connectivity index (χ2n) is 4.53. The molecule has 22 heavy (non-hydrogen) atoms. The standard InChI is InChI=1S/C16H27N3O3/c1-5-17-16(18-10-7-11-20-3)19-13-8-9-14(21-4)15(12-13)22-6-2/h8-9,12H,5-7,10-11H2,1-4H3,(H2,17,18,19). The lowest BCUT2D eigenvalue weighted by Crippen LogP contribution is -2.30. The second-order valence-corrected chi connectivity index (χ2v) is 4.53. The van der Waals surface area contributed by atoms with Gasteiger partial charge in [0.2, 0.25) is 0 Å². The number of ether oxygens (including phenoxy) is 3. The monoisotopic (exact) mass is 309 g/mol. The second kappa shape index (κ2) is 10.7. The number of guanidine groups is 1. The van der Waals surface area contributed by atoms with Crippen LogP contribution in [0.5, 0.6) is 11.5 Å². The molecular weight excluding hydrogens is 282 g/mol. The van der Waals surface area contributed by atoms with Gasteiger partial charge in [-0.3, -0.25) is 4.99 Å². The molecule has 2 N–H and O–H groups in total. The van der Waals surface area contributed by atoms with Crippen molar-refractivity contribution in [3.63, 3.8) is 0 Å². The molecule has 0 spiro atoms. The van der Waals surface area contributed by atoms with Gasteiger partial charge in [0.25, 0.3) is 0 Å². The van der Waals surface area contributed by atoms with Crippen LogP contribution in [0.2, 0.25) is 0 Å². The minimum atomic E-state index is 0.588. The van der Waals surface area contributed by atoms with Crippen LogP contribution < -0.4 is 20.1 Å². The fourth-order valence-electron chi connectivity index (χ4n) is 1.87. The predicted molar refractivity (Wildman–Crippen MR) is 90.3 cm³/mol. The van der Waals surface area contributed by atoms with Crippen molar-refractivity contribution in [3.8, 4) is 11.5 Å². The van der Waals surface area contributed by atoms with E-state index >= 15 is 0 Å². The largest absolute Gasteiger partial charge is 0.493 e. The predicted octanol–water partition coefficient (Wildman–Crippen LogP) is 2.51. The van der Waals surface area contributed by atoms with Crippen molar-refractivity contribution in [3.05, 3.63) is 18.2 Å². The third-order valence-corrected chi connectivity index (χ3v) is 2.85. The van der Waals surface area contributed by atoms with E-state index in [9.17, 15) is 0 Å². The molecule has 0 aromatic heterocycles. The van der Waals surface area contributed by atoms with E-state index in [4.69, 9.17) is 14.2 Å². The van der Waals surface area contributed by atoms with Crippen molar-refractivity contribution in [2.75, 3.05) is 45.8 Å². The Labute approximate surface area is 132 Å². The molecule has 0 aliphatic heterocycles. The molecule has 0 amide bonds. The first-order valence-corrected chi connectivity index (χ1v) is 7.60. The van der Waals surface area contributed by atoms with Crippen molar-refractivity contribution in [1.82, 2.24) is 5.32 Å². The van der Waals surface area contributed by atoms with Crippen LogP contribution >= 0.6 is 0 Å². The summed E-state index contributed by atoms with van der Waals surface area (Å²) in [5.41, 5.74) is 0.899. The average molecular weight is 309 g/mol. The van der Waals surface area contributed by atoms with E-state index in [1.54, 1.807) is 14.2 Å². The molecule has 0 bridgehead atoms. The van der Waals surface area contributed by atoms with E-state index < -0.39 is 0 Å². The third kappa shape index (κ3) is 6.22. The van der Waals surface area contributed by atoms with Crippen molar-refractivity contribution in [2.45, 2.75) is 20.3 Å². The molecule has 0 heterocycles. The first kappa shape index (κ1) is 18.1. The van der Waals surface area contributed by atoms with E-state index in [0.717, 1.165) is 30.4 Å². The maximum Gasteiger partial charge on any atom is 0.195 e. The van der Waals surface area contributed by atoms with Crippen LogP contribution in [-0.2, 0) is 4.74 Å². The quantitative estimate of drug-likeness (QED) is 0.417. The van der Waals surface area contributed by atoms with Gasteiger partial charge in [-0.05, 0) is 32.4 Å². The molecule has 0 fully saturated rings. The lowest BCUT2D eigenvalue weighted by Gasteiger charge is -2.14. The SMILES string of the molecule is CCNC(=NCCCOC)Nc1ccc(OC)c(OCC)c1. The van der Waals surface area contributed by atoms with E-state index in [1.165, 1.54) is 0 Å². The molecule has 0 aliphatic carbocycles. The van der Waals surface area contributed by atoms with Gasteiger partial charge in [-0.2, -0.15) is 0 Å². The number of benzene rings is 1. The number of nitrogens with zero attached hydrogens (tertiary/aromatic N) is 1. The van der Waals surface area contributed by atoms with E-state index in [-0.39, 0.29) is 0 Å². The topological polar surface area (TPSA) is 64.1 Å². The average Bonchev–Trinajstić information content (AvgIpc) is 2.52. The molecule has 0 unspecified atom stereocenters. The van der Waals surface area contributed by atoms with Crippen LogP contribution in [0.4, 0.5) is 5.69 Å². The molecule has 0 atom stereocenters. The number of rotatable bonds is 9. The zero-order chi connectivity index (χ0) is 16.2. The van der Waals surface area contributed by atoms with Crippen LogP contribution in [0.3, 0.4) is 0 Å². The molecule has 1 aromatic carbocycles. The molecule has 0 radical (unpaired) electrons. The minimum Gasteiger partial charge on any atom is -0.493 e. The normalized spacial score (nSPS) is 11.2. The van der Waals surface area contributed by atoms with Crippen LogP contribution in [0.25, 0.3) is 0 Å². The summed E-state index contributed by atoms with van der Waals surface area (Å²) in [6.07, 6.45) is 0.889. The summed E-state index contributed by atoms with van der Waals surface area (Å²) in [4.78, 5) is 4.51. The Bertz CT molecular complexity index is 464. The highest BCUT2D eigenvalue weighted by molar-refractivity contribution is 5.93. The Morgan fingerprint density at radius 1 is 1.18 bits per heavy atom. The first-order chi connectivity index (χ1) is 10.7. The number of aliphatic imine (C=N–C) groups is 1. The number of hydrogen-bond donors (Lipinski definition) is 2. The Balaban J connectivity index is 2.77. The lowest BCUT2D eigenvalue weighted by atomic mass is 10.2. The Morgan fingerprint density at radius 3 is 2.64 bits per heavy atom. The first-order valence-electron chi connectivity index (χ1n) is 7.60. The van der Waals surface area contributed by atoms with Crippen molar-refractivity contribution in [1.29, 1.82) is 0 Å². The molecule has 0 saturated heterocycles. The summed E-state index contributed by atoms with van der Waals surface area (Å²) in [6, 6.07) is 5.72. The van der Waals surface area contributed by atoms with Gasteiger partial charge in [0.05, 0.1) is 13.7 Å². The maximum atomic E-state index is 5.58. The van der Waals surface area contributed by atoms with Gasteiger partial charge in [-0.1, -0.05) is 0 Å². The fraction of sp³-hybridized carbons (Fsp3) is 0.562. The lowest BCUT2D eigenvalue weighted by molar-refractivity contribution is 0.197. The third-order valence-electron chi connectivity index (χ3n) is 2.85. The summed E-state index contributed by atoms with van der Waals surface area (Å²) < 4.78 is 15.9. The van der Waals surface area contributed by atoms with Crippen molar-refractivity contribution < 1.29 is 14.2 Å². The van der Waals surface area contributed by atoms with Crippen LogP contribution in [-0.4, -0.2) is 46.5 Å². The molecule has 6 heteroatoms. The van der Waals surface area contributed by atoms with Gasteiger partial charge in [0, 0.05) is 38.6 Å². The fourth-order valence-corrected chi connectivity index (χ4v) is 1.87. The molecule has 0 saturated carbocycles. The van der Waals surface area contributed by atoms with Crippen LogP contribution in [0.15, 0.2) is 23.2 Å². The molecular formula is C16H27N3O3. The maximum absolute atomic E-state index is 5.58. The summed E-state index contributed by atoms with van der Waals surface area (Å²) in [5.74, 6) is 2.17. The Hall–Kier alpha value is -1.95. The van der Waals surface area contributed by atoms with Gasteiger partial charge >= 0.3 is 0 Å². The van der Waals surface area contributed by atoms with Gasteiger partial charge in [0.1, 0.15) is 0 Å². The summed E-state index contributed by atoms with van der Waals surface area (Å²) >= 11 is 0. The van der Waals surface area contributed by atoms with Gasteiger partial charge in [0.15, 0.2) is 17.5 Å². The minimum absolute atomic E-state index is 0.588. The Morgan fingerprint density at radius 2 is 2.00 bits per heavy atom. The van der Waals surface area contributed by atoms with E-state index in [0.29, 0.717) is 25.5 Å². The van der Waals surface area contributed by atoms with Gasteiger partial charge < -0.3 is 24.8 Å².